The van der Waals surface area contributed by atoms with Gasteiger partial charge in [0.2, 0.25) is 0 Å². The van der Waals surface area contributed by atoms with Gasteiger partial charge < -0.3 is 9.30 Å². The Kier molecular flexibility index (Phi) is 4.99. The molecule has 0 aliphatic carbocycles. The number of fused-ring (bicyclic) bond motifs is 1. The molecule has 124 valence electrons. The summed E-state index contributed by atoms with van der Waals surface area (Å²) in [6.07, 6.45) is 5.32. The third-order valence-electron chi connectivity index (χ3n) is 4.43. The van der Waals surface area contributed by atoms with Gasteiger partial charge in [-0.25, -0.2) is 4.98 Å². The molecule has 0 saturated heterocycles. The van der Waals surface area contributed by atoms with Crippen LogP contribution in [-0.4, -0.2) is 16.7 Å². The molecule has 3 nitrogen and oxygen atoms in total. The summed E-state index contributed by atoms with van der Waals surface area (Å²) in [5.74, 6) is 2.47. The van der Waals surface area contributed by atoms with Crippen molar-refractivity contribution in [2.75, 3.05) is 7.11 Å². The van der Waals surface area contributed by atoms with Crippen molar-refractivity contribution in [1.82, 2.24) is 9.55 Å². The van der Waals surface area contributed by atoms with Crippen LogP contribution in [0.25, 0.3) is 23.2 Å². The second kappa shape index (κ2) is 7.35. The van der Waals surface area contributed by atoms with E-state index in [-0.39, 0.29) is 0 Å². The Morgan fingerprint density at radius 1 is 1.08 bits per heavy atom. The molecule has 1 heterocycles. The van der Waals surface area contributed by atoms with Crippen molar-refractivity contribution in [2.24, 2.45) is 5.92 Å². The van der Waals surface area contributed by atoms with Gasteiger partial charge in [0.1, 0.15) is 11.6 Å². The molecule has 0 spiro atoms. The summed E-state index contributed by atoms with van der Waals surface area (Å²) in [5.41, 5.74) is 3.29. The fourth-order valence-corrected chi connectivity index (χ4v) is 2.82. The van der Waals surface area contributed by atoms with Gasteiger partial charge in [0.05, 0.1) is 18.1 Å². The van der Waals surface area contributed by atoms with Gasteiger partial charge in [0, 0.05) is 12.1 Å². The SMILES string of the molecule is CCC(C)Cn1c(/C=C/c2ccccc2OC)nc2ccccc21. The van der Waals surface area contributed by atoms with Crippen molar-refractivity contribution in [3.63, 3.8) is 0 Å². The Labute approximate surface area is 143 Å². The second-order valence-electron chi connectivity index (χ2n) is 6.16. The highest BCUT2D eigenvalue weighted by molar-refractivity contribution is 5.80. The van der Waals surface area contributed by atoms with Crippen molar-refractivity contribution in [3.05, 3.63) is 59.9 Å². The van der Waals surface area contributed by atoms with Crippen LogP contribution >= 0.6 is 0 Å². The Balaban J connectivity index is 2.02. The van der Waals surface area contributed by atoms with Crippen LogP contribution in [0.4, 0.5) is 0 Å². The van der Waals surface area contributed by atoms with Crippen molar-refractivity contribution in [1.29, 1.82) is 0 Å². The van der Waals surface area contributed by atoms with Crippen molar-refractivity contribution in [3.8, 4) is 5.75 Å². The summed E-state index contributed by atoms with van der Waals surface area (Å²) in [6, 6.07) is 16.4. The number of rotatable bonds is 6. The summed E-state index contributed by atoms with van der Waals surface area (Å²) in [6.45, 7) is 5.49. The van der Waals surface area contributed by atoms with E-state index in [9.17, 15) is 0 Å². The largest absolute Gasteiger partial charge is 0.496 e. The molecule has 1 aromatic heterocycles. The van der Waals surface area contributed by atoms with Crippen molar-refractivity contribution in [2.45, 2.75) is 26.8 Å². The molecule has 2 aromatic carbocycles. The van der Waals surface area contributed by atoms with Gasteiger partial charge in [-0.2, -0.15) is 0 Å². The van der Waals surface area contributed by atoms with Gasteiger partial charge >= 0.3 is 0 Å². The van der Waals surface area contributed by atoms with Gasteiger partial charge in [-0.15, -0.1) is 0 Å². The average molecular weight is 320 g/mol. The highest BCUT2D eigenvalue weighted by Crippen LogP contribution is 2.23. The third kappa shape index (κ3) is 3.35. The van der Waals surface area contributed by atoms with Crippen molar-refractivity contribution < 1.29 is 4.74 Å². The number of benzene rings is 2. The third-order valence-corrected chi connectivity index (χ3v) is 4.43. The molecule has 0 bridgehead atoms. The van der Waals surface area contributed by atoms with E-state index in [1.165, 1.54) is 5.52 Å². The molecular weight excluding hydrogens is 296 g/mol. The first-order valence-electron chi connectivity index (χ1n) is 8.49. The molecule has 3 aromatic rings. The summed E-state index contributed by atoms with van der Waals surface area (Å²) in [5, 5.41) is 0. The molecule has 1 unspecified atom stereocenters. The zero-order chi connectivity index (χ0) is 16.9. The smallest absolute Gasteiger partial charge is 0.133 e. The highest BCUT2D eigenvalue weighted by atomic mass is 16.5. The van der Waals surface area contributed by atoms with E-state index in [4.69, 9.17) is 9.72 Å². The number of ether oxygens (including phenoxy) is 1. The first-order valence-corrected chi connectivity index (χ1v) is 8.49. The van der Waals surface area contributed by atoms with E-state index in [0.29, 0.717) is 5.92 Å². The first kappa shape index (κ1) is 16.3. The molecular formula is C21H24N2O. The number of methoxy groups -OCH3 is 1. The number of hydrogen-bond acceptors (Lipinski definition) is 2. The number of hydrogen-bond donors (Lipinski definition) is 0. The normalized spacial score (nSPS) is 12.8. The first-order chi connectivity index (χ1) is 11.7. The van der Waals surface area contributed by atoms with E-state index in [1.54, 1.807) is 7.11 Å². The number of aromatic nitrogens is 2. The van der Waals surface area contributed by atoms with Crippen molar-refractivity contribution >= 4 is 23.2 Å². The Morgan fingerprint density at radius 2 is 1.83 bits per heavy atom. The van der Waals surface area contributed by atoms with Crippen LogP contribution in [-0.2, 0) is 6.54 Å². The molecule has 0 aliphatic rings. The minimum absolute atomic E-state index is 0.612. The molecule has 0 amide bonds. The van der Waals surface area contributed by atoms with E-state index in [0.717, 1.165) is 35.6 Å². The summed E-state index contributed by atoms with van der Waals surface area (Å²) >= 11 is 0. The van der Waals surface area contributed by atoms with Gasteiger partial charge in [0.25, 0.3) is 0 Å². The van der Waals surface area contributed by atoms with Crippen LogP contribution in [0, 0.1) is 5.92 Å². The van der Waals surface area contributed by atoms with Crippen LogP contribution in [0.2, 0.25) is 0 Å². The molecule has 0 radical (unpaired) electrons. The molecule has 0 fully saturated rings. The quantitative estimate of drug-likeness (QED) is 0.619. The minimum atomic E-state index is 0.612. The summed E-state index contributed by atoms with van der Waals surface area (Å²) in [4.78, 5) is 4.81. The average Bonchev–Trinajstić information content (AvgIpc) is 2.97. The van der Waals surface area contributed by atoms with Crippen LogP contribution < -0.4 is 4.74 Å². The van der Waals surface area contributed by atoms with Gasteiger partial charge in [-0.05, 0) is 36.3 Å². The predicted molar refractivity (Wildman–Crippen MR) is 101 cm³/mol. The lowest BCUT2D eigenvalue weighted by atomic mass is 10.1. The Bertz CT molecular complexity index is 848. The summed E-state index contributed by atoms with van der Waals surface area (Å²) in [7, 11) is 1.70. The van der Waals surface area contributed by atoms with E-state index >= 15 is 0 Å². The van der Waals surface area contributed by atoms with Crippen LogP contribution in [0.3, 0.4) is 0 Å². The lowest BCUT2D eigenvalue weighted by Crippen LogP contribution is -2.08. The maximum Gasteiger partial charge on any atom is 0.133 e. The number of nitrogens with zero attached hydrogens (tertiary/aromatic N) is 2. The van der Waals surface area contributed by atoms with E-state index in [1.807, 2.05) is 24.3 Å². The topological polar surface area (TPSA) is 27.1 Å². The van der Waals surface area contributed by atoms with E-state index < -0.39 is 0 Å². The highest BCUT2D eigenvalue weighted by Gasteiger charge is 2.10. The standard InChI is InChI=1S/C21H24N2O/c1-4-16(2)15-23-19-11-7-6-10-18(19)22-21(23)14-13-17-9-5-8-12-20(17)24-3/h5-14,16H,4,15H2,1-3H3/b14-13+. The van der Waals surface area contributed by atoms with Crippen LogP contribution in [0.15, 0.2) is 48.5 Å². The molecule has 1 atom stereocenters. The molecule has 24 heavy (non-hydrogen) atoms. The van der Waals surface area contributed by atoms with Crippen LogP contribution in [0.5, 0.6) is 5.75 Å². The predicted octanol–water partition coefficient (Wildman–Crippen LogP) is 5.26. The van der Waals surface area contributed by atoms with Gasteiger partial charge in [-0.3, -0.25) is 0 Å². The second-order valence-corrected chi connectivity index (χ2v) is 6.16. The Morgan fingerprint density at radius 3 is 2.62 bits per heavy atom. The maximum atomic E-state index is 5.43. The maximum absolute atomic E-state index is 5.43. The lowest BCUT2D eigenvalue weighted by Gasteiger charge is -2.12. The Hall–Kier alpha value is -2.55. The molecule has 3 heteroatoms. The molecule has 0 N–H and O–H groups in total. The number of para-hydroxylation sites is 3. The van der Waals surface area contributed by atoms with E-state index in [2.05, 4.69) is 54.8 Å². The van der Waals surface area contributed by atoms with Gasteiger partial charge in [0.15, 0.2) is 0 Å². The fraction of sp³-hybridized carbons (Fsp3) is 0.286. The van der Waals surface area contributed by atoms with Crippen LogP contribution in [0.1, 0.15) is 31.7 Å². The fourth-order valence-electron chi connectivity index (χ4n) is 2.82. The number of imidazole rings is 1. The zero-order valence-electron chi connectivity index (χ0n) is 14.6. The van der Waals surface area contributed by atoms with Gasteiger partial charge in [-0.1, -0.05) is 50.6 Å². The monoisotopic (exact) mass is 320 g/mol. The zero-order valence-corrected chi connectivity index (χ0v) is 14.6. The molecule has 3 rings (SSSR count). The minimum Gasteiger partial charge on any atom is -0.496 e. The molecule has 0 aliphatic heterocycles. The molecule has 0 saturated carbocycles. The lowest BCUT2D eigenvalue weighted by molar-refractivity contribution is 0.414. The summed E-state index contributed by atoms with van der Waals surface area (Å²) < 4.78 is 7.74.